The summed E-state index contributed by atoms with van der Waals surface area (Å²) >= 11 is 0. The highest BCUT2D eigenvalue weighted by Gasteiger charge is 2.52. The SMILES string of the molecule is CC1CCCCC12CN(C(=O)OCCN(C)C)C(=O)O2.Cl. The van der Waals surface area contributed by atoms with Crippen LogP contribution in [0.2, 0.25) is 0 Å². The number of halogens is 1. The van der Waals surface area contributed by atoms with E-state index in [0.29, 0.717) is 19.0 Å². The first-order valence-corrected chi connectivity index (χ1v) is 7.26. The highest BCUT2D eigenvalue weighted by Crippen LogP contribution is 2.41. The second-order valence-corrected chi connectivity index (χ2v) is 6.08. The van der Waals surface area contributed by atoms with Crippen molar-refractivity contribution in [1.29, 1.82) is 0 Å². The van der Waals surface area contributed by atoms with Crippen LogP contribution >= 0.6 is 12.4 Å². The van der Waals surface area contributed by atoms with Crippen molar-refractivity contribution in [3.05, 3.63) is 0 Å². The summed E-state index contributed by atoms with van der Waals surface area (Å²) in [5.41, 5.74) is -0.490. The van der Waals surface area contributed by atoms with Gasteiger partial charge in [-0.05, 0) is 39.3 Å². The molecule has 122 valence electrons. The Morgan fingerprint density at radius 2 is 2.19 bits per heavy atom. The van der Waals surface area contributed by atoms with Crippen LogP contribution in [-0.2, 0) is 9.47 Å². The highest BCUT2D eigenvalue weighted by molar-refractivity contribution is 5.89. The van der Waals surface area contributed by atoms with Crippen LogP contribution < -0.4 is 0 Å². The summed E-state index contributed by atoms with van der Waals surface area (Å²) in [6, 6.07) is 0. The number of imide groups is 1. The Hall–Kier alpha value is -1.01. The molecule has 2 aliphatic rings. The number of amides is 2. The first kappa shape index (κ1) is 18.0. The number of hydrogen-bond donors (Lipinski definition) is 0. The molecule has 1 heterocycles. The Balaban J connectivity index is 0.00000220. The van der Waals surface area contributed by atoms with Crippen LogP contribution in [0.15, 0.2) is 0 Å². The number of carbonyl (C=O) groups is 2. The predicted octanol–water partition coefficient (Wildman–Crippen LogP) is 2.51. The average Bonchev–Trinajstić information content (AvgIpc) is 2.71. The molecule has 1 aliphatic heterocycles. The second-order valence-electron chi connectivity index (χ2n) is 6.08. The van der Waals surface area contributed by atoms with Crippen LogP contribution in [0.5, 0.6) is 0 Å². The summed E-state index contributed by atoms with van der Waals surface area (Å²) in [5, 5.41) is 0. The van der Waals surface area contributed by atoms with Gasteiger partial charge in [-0.15, -0.1) is 12.4 Å². The highest BCUT2D eigenvalue weighted by atomic mass is 35.5. The van der Waals surface area contributed by atoms with Crippen LogP contribution in [-0.4, -0.2) is 61.4 Å². The third-order valence-electron chi connectivity index (χ3n) is 4.31. The fraction of sp³-hybridized carbons (Fsp3) is 0.857. The van der Waals surface area contributed by atoms with Crippen molar-refractivity contribution in [2.45, 2.75) is 38.2 Å². The van der Waals surface area contributed by atoms with Crippen LogP contribution in [0.25, 0.3) is 0 Å². The lowest BCUT2D eigenvalue weighted by Gasteiger charge is -2.36. The van der Waals surface area contributed by atoms with Gasteiger partial charge in [-0.2, -0.15) is 0 Å². The largest absolute Gasteiger partial charge is 0.448 e. The number of rotatable bonds is 3. The molecule has 1 saturated carbocycles. The van der Waals surface area contributed by atoms with Crippen molar-refractivity contribution in [3.63, 3.8) is 0 Å². The number of nitrogens with zero attached hydrogens (tertiary/aromatic N) is 2. The summed E-state index contributed by atoms with van der Waals surface area (Å²) in [5.74, 6) is 0.291. The van der Waals surface area contributed by atoms with Crippen LogP contribution in [0.3, 0.4) is 0 Å². The standard InChI is InChI=1S/C14H24N2O4.ClH/c1-11-6-4-5-7-14(11)10-16(13(18)20-14)12(17)19-9-8-15(2)3;/h11H,4-10H2,1-3H3;1H. The summed E-state index contributed by atoms with van der Waals surface area (Å²) in [4.78, 5) is 26.9. The Kier molecular flexibility index (Phi) is 6.28. The van der Waals surface area contributed by atoms with Crippen molar-refractivity contribution in [3.8, 4) is 0 Å². The summed E-state index contributed by atoms with van der Waals surface area (Å²) in [7, 11) is 3.80. The zero-order valence-corrected chi connectivity index (χ0v) is 13.8. The number of ether oxygens (including phenoxy) is 2. The fourth-order valence-corrected chi connectivity index (χ4v) is 2.90. The van der Waals surface area contributed by atoms with E-state index in [-0.39, 0.29) is 19.0 Å². The van der Waals surface area contributed by atoms with Crippen molar-refractivity contribution < 1.29 is 19.1 Å². The predicted molar refractivity (Wildman–Crippen MR) is 80.7 cm³/mol. The topological polar surface area (TPSA) is 59.1 Å². The molecule has 0 aromatic carbocycles. The third-order valence-corrected chi connectivity index (χ3v) is 4.31. The van der Waals surface area contributed by atoms with Gasteiger partial charge in [-0.3, -0.25) is 0 Å². The molecule has 0 aromatic rings. The maximum absolute atomic E-state index is 12.0. The van der Waals surface area contributed by atoms with Gasteiger partial charge in [0.2, 0.25) is 0 Å². The molecule has 6 nitrogen and oxygen atoms in total. The molecule has 21 heavy (non-hydrogen) atoms. The van der Waals surface area contributed by atoms with E-state index in [1.165, 1.54) is 0 Å². The third kappa shape index (κ3) is 4.01. The van der Waals surface area contributed by atoms with Gasteiger partial charge < -0.3 is 14.4 Å². The Labute approximate surface area is 132 Å². The van der Waals surface area contributed by atoms with E-state index in [1.807, 2.05) is 19.0 Å². The summed E-state index contributed by atoms with van der Waals surface area (Å²) < 4.78 is 10.7. The zero-order chi connectivity index (χ0) is 14.8. The average molecular weight is 321 g/mol. The fourth-order valence-electron chi connectivity index (χ4n) is 2.90. The molecule has 1 aliphatic carbocycles. The lowest BCUT2D eigenvalue weighted by molar-refractivity contribution is -0.0158. The molecule has 2 amide bonds. The molecule has 2 unspecified atom stereocenters. The molecule has 0 radical (unpaired) electrons. The minimum absolute atomic E-state index is 0. The van der Waals surface area contributed by atoms with E-state index in [4.69, 9.17) is 9.47 Å². The summed E-state index contributed by atoms with van der Waals surface area (Å²) in [6.07, 6.45) is 2.92. The van der Waals surface area contributed by atoms with E-state index in [1.54, 1.807) is 0 Å². The Morgan fingerprint density at radius 1 is 1.48 bits per heavy atom. The van der Waals surface area contributed by atoms with Gasteiger partial charge in [0.05, 0.1) is 6.54 Å². The minimum Gasteiger partial charge on any atom is -0.448 e. The molecular formula is C14H25ClN2O4. The lowest BCUT2D eigenvalue weighted by Crippen LogP contribution is -2.44. The maximum Gasteiger partial charge on any atom is 0.420 e. The molecule has 0 bridgehead atoms. The molecule has 0 aromatic heterocycles. The molecule has 2 atom stereocenters. The lowest BCUT2D eigenvalue weighted by atomic mass is 9.76. The van der Waals surface area contributed by atoms with Gasteiger partial charge in [0.25, 0.3) is 0 Å². The number of hydrogen-bond acceptors (Lipinski definition) is 5. The van der Waals surface area contributed by atoms with Crippen molar-refractivity contribution in [2.24, 2.45) is 5.92 Å². The molecule has 1 saturated heterocycles. The van der Waals surface area contributed by atoms with Crippen molar-refractivity contribution in [2.75, 3.05) is 33.8 Å². The van der Waals surface area contributed by atoms with Crippen LogP contribution in [0, 0.1) is 5.92 Å². The Bertz CT molecular complexity index is 391. The van der Waals surface area contributed by atoms with E-state index in [0.717, 1.165) is 30.6 Å². The molecule has 1 spiro atoms. The van der Waals surface area contributed by atoms with E-state index in [9.17, 15) is 9.59 Å². The minimum atomic E-state index is -0.591. The van der Waals surface area contributed by atoms with E-state index in [2.05, 4.69) is 6.92 Å². The summed E-state index contributed by atoms with van der Waals surface area (Å²) in [6.45, 7) is 3.33. The van der Waals surface area contributed by atoms with Gasteiger partial charge in [0.15, 0.2) is 0 Å². The van der Waals surface area contributed by atoms with Gasteiger partial charge in [0.1, 0.15) is 12.2 Å². The zero-order valence-electron chi connectivity index (χ0n) is 13.0. The molecule has 7 heteroatoms. The molecule has 0 N–H and O–H groups in total. The van der Waals surface area contributed by atoms with Crippen molar-refractivity contribution in [1.82, 2.24) is 9.80 Å². The van der Waals surface area contributed by atoms with Gasteiger partial charge in [-0.25, -0.2) is 14.5 Å². The van der Waals surface area contributed by atoms with E-state index >= 15 is 0 Å². The number of carbonyl (C=O) groups excluding carboxylic acids is 2. The smallest absolute Gasteiger partial charge is 0.420 e. The van der Waals surface area contributed by atoms with Crippen LogP contribution in [0.1, 0.15) is 32.6 Å². The normalized spacial score (nSPS) is 28.5. The first-order chi connectivity index (χ1) is 9.44. The van der Waals surface area contributed by atoms with Gasteiger partial charge in [0, 0.05) is 6.54 Å². The molecule has 2 rings (SSSR count). The molecule has 2 fully saturated rings. The number of likely N-dealkylation sites (N-methyl/N-ethyl adjacent to an activating group) is 1. The van der Waals surface area contributed by atoms with Gasteiger partial charge >= 0.3 is 12.2 Å². The maximum atomic E-state index is 12.0. The van der Waals surface area contributed by atoms with Gasteiger partial charge in [-0.1, -0.05) is 13.3 Å². The van der Waals surface area contributed by atoms with Crippen LogP contribution in [0.4, 0.5) is 9.59 Å². The first-order valence-electron chi connectivity index (χ1n) is 7.26. The second kappa shape index (κ2) is 7.31. The molecular weight excluding hydrogens is 296 g/mol. The Morgan fingerprint density at radius 3 is 2.81 bits per heavy atom. The van der Waals surface area contributed by atoms with E-state index < -0.39 is 17.8 Å². The monoisotopic (exact) mass is 320 g/mol. The van der Waals surface area contributed by atoms with Crippen molar-refractivity contribution >= 4 is 24.6 Å². The quantitative estimate of drug-likeness (QED) is 0.799.